The normalized spacial score (nSPS) is 21.0. The first kappa shape index (κ1) is 13.9. The van der Waals surface area contributed by atoms with Crippen molar-refractivity contribution in [3.63, 3.8) is 0 Å². The lowest BCUT2D eigenvalue weighted by Crippen LogP contribution is -2.43. The van der Waals surface area contributed by atoms with E-state index in [2.05, 4.69) is 30.0 Å². The molecule has 1 aromatic carbocycles. The third-order valence-corrected chi connectivity index (χ3v) is 4.19. The molecule has 1 aliphatic rings. The van der Waals surface area contributed by atoms with Crippen LogP contribution in [0, 0.1) is 5.41 Å². The molecule has 0 amide bonds. The predicted octanol–water partition coefficient (Wildman–Crippen LogP) is 3.33. The summed E-state index contributed by atoms with van der Waals surface area (Å²) >= 11 is 0. The third-order valence-electron chi connectivity index (χ3n) is 4.19. The Balaban J connectivity index is 2.25. The lowest BCUT2D eigenvalue weighted by atomic mass is 9.85. The number of carboxylic acid groups (broad SMARTS) is 1. The summed E-state index contributed by atoms with van der Waals surface area (Å²) in [4.78, 5) is 13.9. The molecule has 19 heavy (non-hydrogen) atoms. The number of hydrogen-bond donors (Lipinski definition) is 1. The zero-order valence-electron chi connectivity index (χ0n) is 12.0. The van der Waals surface area contributed by atoms with Gasteiger partial charge in [-0.05, 0) is 38.3 Å². The fraction of sp³-hybridized carbons (Fsp3) is 0.562. The molecule has 1 heterocycles. The van der Waals surface area contributed by atoms with Gasteiger partial charge in [-0.3, -0.25) is 4.79 Å². The molecule has 1 aliphatic heterocycles. The highest BCUT2D eigenvalue weighted by Gasteiger charge is 2.38. The molecule has 0 bridgehead atoms. The summed E-state index contributed by atoms with van der Waals surface area (Å²) in [6, 6.07) is 8.71. The molecule has 3 nitrogen and oxygen atoms in total. The van der Waals surface area contributed by atoms with Crippen LogP contribution in [-0.2, 0) is 11.2 Å². The minimum atomic E-state index is -0.689. The SMILES string of the molecule is CCCC(C)(CN1c2ccccc2CC1C)C(=O)O. The van der Waals surface area contributed by atoms with Crippen LogP contribution in [-0.4, -0.2) is 23.7 Å². The summed E-state index contributed by atoms with van der Waals surface area (Å²) < 4.78 is 0. The summed E-state index contributed by atoms with van der Waals surface area (Å²) in [7, 11) is 0. The van der Waals surface area contributed by atoms with Crippen molar-refractivity contribution in [1.29, 1.82) is 0 Å². The smallest absolute Gasteiger partial charge is 0.311 e. The number of hydrogen-bond acceptors (Lipinski definition) is 2. The highest BCUT2D eigenvalue weighted by Crippen LogP contribution is 2.36. The number of fused-ring (bicyclic) bond motifs is 1. The molecule has 3 heteroatoms. The van der Waals surface area contributed by atoms with Gasteiger partial charge in [0.05, 0.1) is 5.41 Å². The summed E-state index contributed by atoms with van der Waals surface area (Å²) in [5, 5.41) is 9.53. The van der Waals surface area contributed by atoms with Crippen LogP contribution in [0.5, 0.6) is 0 Å². The van der Waals surface area contributed by atoms with Gasteiger partial charge in [-0.2, -0.15) is 0 Å². The van der Waals surface area contributed by atoms with Crippen molar-refractivity contribution in [3.8, 4) is 0 Å². The Kier molecular flexibility index (Phi) is 3.83. The standard InChI is InChI=1S/C16H23NO2/c1-4-9-16(3,15(18)19)11-17-12(2)10-13-7-5-6-8-14(13)17/h5-8,12H,4,9-11H2,1-3H3,(H,18,19). The van der Waals surface area contributed by atoms with E-state index in [0.717, 1.165) is 12.8 Å². The van der Waals surface area contributed by atoms with Crippen LogP contribution >= 0.6 is 0 Å². The van der Waals surface area contributed by atoms with Crippen molar-refractivity contribution in [2.75, 3.05) is 11.4 Å². The lowest BCUT2D eigenvalue weighted by molar-refractivity contribution is -0.147. The summed E-state index contributed by atoms with van der Waals surface area (Å²) in [6.45, 7) is 6.68. The summed E-state index contributed by atoms with van der Waals surface area (Å²) in [6.07, 6.45) is 2.62. The van der Waals surface area contributed by atoms with Crippen LogP contribution in [0.4, 0.5) is 5.69 Å². The highest BCUT2D eigenvalue weighted by atomic mass is 16.4. The van der Waals surface area contributed by atoms with Crippen LogP contribution in [0.1, 0.15) is 39.2 Å². The Morgan fingerprint density at radius 1 is 1.47 bits per heavy atom. The first-order chi connectivity index (χ1) is 8.98. The van der Waals surface area contributed by atoms with Gasteiger partial charge < -0.3 is 10.0 Å². The zero-order chi connectivity index (χ0) is 14.0. The minimum Gasteiger partial charge on any atom is -0.481 e. The molecule has 0 spiro atoms. The molecule has 1 aromatic rings. The van der Waals surface area contributed by atoms with Gasteiger partial charge in [-0.1, -0.05) is 31.5 Å². The van der Waals surface area contributed by atoms with E-state index in [9.17, 15) is 9.90 Å². The van der Waals surface area contributed by atoms with Crippen molar-refractivity contribution in [2.45, 2.75) is 46.1 Å². The van der Waals surface area contributed by atoms with E-state index < -0.39 is 11.4 Å². The van der Waals surface area contributed by atoms with Gasteiger partial charge in [0.2, 0.25) is 0 Å². The Hall–Kier alpha value is -1.51. The van der Waals surface area contributed by atoms with Crippen molar-refractivity contribution < 1.29 is 9.90 Å². The Morgan fingerprint density at radius 3 is 2.79 bits per heavy atom. The maximum Gasteiger partial charge on any atom is 0.311 e. The second kappa shape index (κ2) is 5.24. The fourth-order valence-electron chi connectivity index (χ4n) is 3.05. The number of rotatable bonds is 5. The molecule has 0 saturated carbocycles. The summed E-state index contributed by atoms with van der Waals surface area (Å²) in [5.74, 6) is -0.689. The monoisotopic (exact) mass is 261 g/mol. The van der Waals surface area contributed by atoms with E-state index in [0.29, 0.717) is 19.0 Å². The van der Waals surface area contributed by atoms with Gasteiger partial charge in [0, 0.05) is 18.3 Å². The van der Waals surface area contributed by atoms with Crippen molar-refractivity contribution in [1.82, 2.24) is 0 Å². The maximum atomic E-state index is 11.6. The molecule has 2 atom stereocenters. The minimum absolute atomic E-state index is 0.382. The fourth-order valence-corrected chi connectivity index (χ4v) is 3.05. The van der Waals surface area contributed by atoms with Gasteiger partial charge in [0.25, 0.3) is 0 Å². The van der Waals surface area contributed by atoms with Crippen LogP contribution in [0.3, 0.4) is 0 Å². The van der Waals surface area contributed by atoms with E-state index in [1.165, 1.54) is 11.3 Å². The van der Waals surface area contributed by atoms with E-state index in [1.54, 1.807) is 0 Å². The number of anilines is 1. The van der Waals surface area contributed by atoms with Crippen LogP contribution in [0.25, 0.3) is 0 Å². The quantitative estimate of drug-likeness (QED) is 0.884. The Bertz CT molecular complexity index is 472. The molecule has 1 N–H and O–H groups in total. The van der Waals surface area contributed by atoms with Gasteiger partial charge in [0.15, 0.2) is 0 Å². The van der Waals surface area contributed by atoms with E-state index in [1.807, 2.05) is 19.9 Å². The molecule has 104 valence electrons. The molecule has 2 rings (SSSR count). The molecular formula is C16H23NO2. The number of nitrogens with zero attached hydrogens (tertiary/aromatic N) is 1. The molecule has 0 radical (unpaired) electrons. The lowest BCUT2D eigenvalue weighted by Gasteiger charge is -2.34. The van der Waals surface area contributed by atoms with Gasteiger partial charge >= 0.3 is 5.97 Å². The number of carboxylic acids is 1. The number of aliphatic carboxylic acids is 1. The van der Waals surface area contributed by atoms with E-state index in [-0.39, 0.29) is 0 Å². The zero-order valence-corrected chi connectivity index (χ0v) is 12.0. The van der Waals surface area contributed by atoms with Crippen LogP contribution in [0.15, 0.2) is 24.3 Å². The van der Waals surface area contributed by atoms with Gasteiger partial charge in [-0.25, -0.2) is 0 Å². The Morgan fingerprint density at radius 2 is 2.16 bits per heavy atom. The predicted molar refractivity (Wildman–Crippen MR) is 77.6 cm³/mol. The maximum absolute atomic E-state index is 11.6. The van der Waals surface area contributed by atoms with Crippen LogP contribution < -0.4 is 4.90 Å². The number of para-hydroxylation sites is 1. The third kappa shape index (κ3) is 2.60. The summed E-state index contributed by atoms with van der Waals surface area (Å²) in [5.41, 5.74) is 1.87. The van der Waals surface area contributed by atoms with Gasteiger partial charge in [0.1, 0.15) is 0 Å². The molecule has 0 saturated heterocycles. The molecule has 0 aromatic heterocycles. The number of benzene rings is 1. The van der Waals surface area contributed by atoms with E-state index >= 15 is 0 Å². The van der Waals surface area contributed by atoms with Crippen molar-refractivity contribution in [3.05, 3.63) is 29.8 Å². The molecule has 2 unspecified atom stereocenters. The van der Waals surface area contributed by atoms with Gasteiger partial charge in [-0.15, -0.1) is 0 Å². The largest absolute Gasteiger partial charge is 0.481 e. The van der Waals surface area contributed by atoms with E-state index in [4.69, 9.17) is 0 Å². The first-order valence-electron chi connectivity index (χ1n) is 7.06. The first-order valence-corrected chi connectivity index (χ1v) is 7.06. The second-order valence-electron chi connectivity index (χ2n) is 5.93. The molecular weight excluding hydrogens is 238 g/mol. The molecule has 0 aliphatic carbocycles. The average molecular weight is 261 g/mol. The number of carbonyl (C=O) groups is 1. The second-order valence-corrected chi connectivity index (χ2v) is 5.93. The van der Waals surface area contributed by atoms with Crippen LogP contribution in [0.2, 0.25) is 0 Å². The average Bonchev–Trinajstić information content (AvgIpc) is 2.66. The Labute approximate surface area is 115 Å². The highest BCUT2D eigenvalue weighted by molar-refractivity contribution is 5.75. The topological polar surface area (TPSA) is 40.5 Å². The van der Waals surface area contributed by atoms with Crippen molar-refractivity contribution >= 4 is 11.7 Å². The van der Waals surface area contributed by atoms with Crippen molar-refractivity contribution in [2.24, 2.45) is 5.41 Å². The molecule has 0 fully saturated rings.